The number of carbonyl (C=O) groups excluding carboxylic acids is 2. The zero-order valence-corrected chi connectivity index (χ0v) is 18.6. The molecule has 11 heteroatoms. The van der Waals surface area contributed by atoms with Crippen molar-refractivity contribution in [2.45, 2.75) is 25.9 Å². The van der Waals surface area contributed by atoms with Crippen molar-refractivity contribution in [2.75, 3.05) is 40.6 Å². The molecule has 0 saturated heterocycles. The Balaban J connectivity index is 2.65. The minimum absolute atomic E-state index is 0.0644. The summed E-state index contributed by atoms with van der Waals surface area (Å²) in [5.74, 6) is -4.97. The smallest absolute Gasteiger partial charge is 0.419 e. The van der Waals surface area contributed by atoms with Crippen molar-refractivity contribution in [3.63, 3.8) is 0 Å². The molecule has 1 N–H and O–H groups in total. The van der Waals surface area contributed by atoms with Crippen LogP contribution in [-0.4, -0.2) is 52.6 Å². The molecule has 1 heterocycles. The molecule has 0 fully saturated rings. The van der Waals surface area contributed by atoms with Gasteiger partial charge in [0.2, 0.25) is 0 Å². The first-order chi connectivity index (χ1) is 15.5. The van der Waals surface area contributed by atoms with Crippen LogP contribution < -0.4 is 5.32 Å². The van der Waals surface area contributed by atoms with Crippen molar-refractivity contribution < 1.29 is 46.1 Å². The molecule has 1 aliphatic heterocycles. The molecule has 0 atom stereocenters. The van der Waals surface area contributed by atoms with Crippen molar-refractivity contribution in [3.05, 3.63) is 57.7 Å². The number of nitrogens with one attached hydrogen (secondary N) is 1. The Hall–Kier alpha value is -2.92. The van der Waals surface area contributed by atoms with Gasteiger partial charge >= 0.3 is 18.1 Å². The van der Waals surface area contributed by atoms with Crippen molar-refractivity contribution in [2.24, 2.45) is 0 Å². The third-order valence-electron chi connectivity index (χ3n) is 4.89. The quantitative estimate of drug-likeness (QED) is 0.333. The molecule has 1 aromatic rings. The summed E-state index contributed by atoms with van der Waals surface area (Å²) in [4.78, 5) is 25.8. The minimum atomic E-state index is -4.98. The normalized spacial score (nSPS) is 14.9. The second kappa shape index (κ2) is 11.3. The molecule has 7 nitrogen and oxygen atoms in total. The van der Waals surface area contributed by atoms with Gasteiger partial charge in [-0.15, -0.1) is 0 Å². The highest BCUT2D eigenvalue weighted by atomic mass is 19.4. The number of halogens is 4. The molecule has 2 rings (SSSR count). The Bertz CT molecular complexity index is 911. The van der Waals surface area contributed by atoms with E-state index in [2.05, 4.69) is 5.32 Å². The Morgan fingerprint density at radius 1 is 0.909 bits per heavy atom. The molecule has 182 valence electrons. The highest BCUT2D eigenvalue weighted by molar-refractivity contribution is 6.00. The standard InChI is InChI=1S/C22H25F4NO6/c1-12-16(20(28)32-10-8-30-3)18(14-6-5-7-15(19(14)23)22(24,25)26)17(13(2)27-12)21(29)33-11-9-31-4/h5-7,18,27H,8-11H2,1-4H3. The molecule has 0 aromatic heterocycles. The third kappa shape index (κ3) is 6.11. The van der Waals surface area contributed by atoms with Crippen LogP contribution in [0.15, 0.2) is 40.7 Å². The molecule has 1 aromatic carbocycles. The maximum Gasteiger partial charge on any atom is 0.419 e. The van der Waals surface area contributed by atoms with Crippen LogP contribution in [-0.2, 0) is 34.7 Å². The molecule has 0 amide bonds. The van der Waals surface area contributed by atoms with Gasteiger partial charge < -0.3 is 24.3 Å². The lowest BCUT2D eigenvalue weighted by Crippen LogP contribution is -2.33. The van der Waals surface area contributed by atoms with Gasteiger partial charge in [-0.05, 0) is 19.9 Å². The lowest BCUT2D eigenvalue weighted by atomic mass is 9.79. The highest BCUT2D eigenvalue weighted by Crippen LogP contribution is 2.42. The predicted octanol–water partition coefficient (Wildman–Crippen LogP) is 3.46. The van der Waals surface area contributed by atoms with E-state index in [9.17, 15) is 22.8 Å². The molecular formula is C22H25F4NO6. The van der Waals surface area contributed by atoms with Gasteiger partial charge in [-0.1, -0.05) is 12.1 Å². The van der Waals surface area contributed by atoms with Crippen LogP contribution in [0, 0.1) is 5.82 Å². The van der Waals surface area contributed by atoms with Crippen molar-refractivity contribution in [1.82, 2.24) is 5.32 Å². The van der Waals surface area contributed by atoms with E-state index in [-0.39, 0.29) is 49.0 Å². The van der Waals surface area contributed by atoms with E-state index in [1.807, 2.05) is 0 Å². The summed E-state index contributed by atoms with van der Waals surface area (Å²) in [5, 5.41) is 2.84. The van der Waals surface area contributed by atoms with Gasteiger partial charge in [0.25, 0.3) is 0 Å². The van der Waals surface area contributed by atoms with E-state index in [0.717, 1.165) is 12.1 Å². The average Bonchev–Trinajstić information content (AvgIpc) is 2.72. The summed E-state index contributed by atoms with van der Waals surface area (Å²) in [6.45, 7) is 2.77. The van der Waals surface area contributed by atoms with Crippen LogP contribution in [0.5, 0.6) is 0 Å². The molecular weight excluding hydrogens is 450 g/mol. The molecule has 0 bridgehead atoms. The number of dihydropyridines is 1. The van der Waals surface area contributed by atoms with Gasteiger partial charge in [-0.25, -0.2) is 14.0 Å². The zero-order valence-electron chi connectivity index (χ0n) is 18.6. The fourth-order valence-electron chi connectivity index (χ4n) is 3.43. The first kappa shape index (κ1) is 26.3. The summed E-state index contributed by atoms with van der Waals surface area (Å²) >= 11 is 0. The first-order valence-corrected chi connectivity index (χ1v) is 9.90. The number of rotatable bonds is 9. The van der Waals surface area contributed by atoms with Gasteiger partial charge in [-0.2, -0.15) is 13.2 Å². The van der Waals surface area contributed by atoms with E-state index in [0.29, 0.717) is 6.07 Å². The molecule has 0 radical (unpaired) electrons. The number of carbonyl (C=O) groups is 2. The zero-order chi connectivity index (χ0) is 24.8. The number of hydrogen-bond acceptors (Lipinski definition) is 7. The second-order valence-corrected chi connectivity index (χ2v) is 7.10. The summed E-state index contributed by atoms with van der Waals surface area (Å²) in [6.07, 6.45) is -4.98. The SMILES string of the molecule is COCCOC(=O)C1=C(C)NC(C)=C(C(=O)OCCOC)C1c1cccc(C(F)(F)F)c1F. The van der Waals surface area contributed by atoms with E-state index in [1.54, 1.807) is 0 Å². The third-order valence-corrected chi connectivity index (χ3v) is 4.89. The first-order valence-electron chi connectivity index (χ1n) is 9.90. The largest absolute Gasteiger partial charge is 0.460 e. The van der Waals surface area contributed by atoms with Crippen LogP contribution in [0.4, 0.5) is 17.6 Å². The summed E-state index contributed by atoms with van der Waals surface area (Å²) in [7, 11) is 2.78. The van der Waals surface area contributed by atoms with E-state index in [4.69, 9.17) is 18.9 Å². The van der Waals surface area contributed by atoms with Gasteiger partial charge in [0.1, 0.15) is 19.0 Å². The van der Waals surface area contributed by atoms with Crippen LogP contribution in [0.3, 0.4) is 0 Å². The number of methoxy groups -OCH3 is 2. The lowest BCUT2D eigenvalue weighted by Gasteiger charge is -2.31. The van der Waals surface area contributed by atoms with Crippen LogP contribution in [0.2, 0.25) is 0 Å². The molecule has 0 saturated carbocycles. The monoisotopic (exact) mass is 475 g/mol. The van der Waals surface area contributed by atoms with Gasteiger partial charge in [0, 0.05) is 31.2 Å². The Kier molecular flexibility index (Phi) is 9.00. The minimum Gasteiger partial charge on any atom is -0.460 e. The number of allylic oxidation sites excluding steroid dienone is 2. The second-order valence-electron chi connectivity index (χ2n) is 7.10. The average molecular weight is 475 g/mol. The Morgan fingerprint density at radius 2 is 1.39 bits per heavy atom. The van der Waals surface area contributed by atoms with E-state index >= 15 is 4.39 Å². The Labute approximate surface area is 188 Å². The summed E-state index contributed by atoms with van der Waals surface area (Å²) < 4.78 is 75.3. The van der Waals surface area contributed by atoms with Gasteiger partial charge in [-0.3, -0.25) is 0 Å². The number of esters is 2. The number of ether oxygens (including phenoxy) is 4. The van der Waals surface area contributed by atoms with E-state index in [1.165, 1.54) is 28.1 Å². The lowest BCUT2D eigenvalue weighted by molar-refractivity contribution is -0.141. The van der Waals surface area contributed by atoms with Crippen molar-refractivity contribution >= 4 is 11.9 Å². The Morgan fingerprint density at radius 3 is 1.82 bits per heavy atom. The maximum absolute atomic E-state index is 15.2. The van der Waals surface area contributed by atoms with Crippen molar-refractivity contribution in [3.8, 4) is 0 Å². The summed E-state index contributed by atoms with van der Waals surface area (Å²) in [5.41, 5.74) is -2.06. The van der Waals surface area contributed by atoms with Crippen LogP contribution in [0.25, 0.3) is 0 Å². The van der Waals surface area contributed by atoms with Crippen LogP contribution in [0.1, 0.15) is 30.9 Å². The topological polar surface area (TPSA) is 83.1 Å². The predicted molar refractivity (Wildman–Crippen MR) is 108 cm³/mol. The maximum atomic E-state index is 15.2. The van der Waals surface area contributed by atoms with Crippen molar-refractivity contribution in [1.29, 1.82) is 0 Å². The number of benzene rings is 1. The molecule has 0 spiro atoms. The van der Waals surface area contributed by atoms with E-state index < -0.39 is 41.0 Å². The fraction of sp³-hybridized carbons (Fsp3) is 0.455. The van der Waals surface area contributed by atoms with Gasteiger partial charge in [0.05, 0.1) is 35.8 Å². The molecule has 1 aliphatic rings. The molecule has 0 unspecified atom stereocenters. The number of hydrogen-bond donors (Lipinski definition) is 1. The number of alkyl halides is 3. The molecule has 0 aliphatic carbocycles. The summed E-state index contributed by atoms with van der Waals surface area (Å²) in [6, 6.07) is 2.68. The highest BCUT2D eigenvalue weighted by Gasteiger charge is 2.42. The fourth-order valence-corrected chi connectivity index (χ4v) is 3.43. The molecule has 33 heavy (non-hydrogen) atoms. The van der Waals surface area contributed by atoms with Crippen LogP contribution >= 0.6 is 0 Å². The van der Waals surface area contributed by atoms with Gasteiger partial charge in [0.15, 0.2) is 0 Å².